The van der Waals surface area contributed by atoms with E-state index in [9.17, 15) is 14.7 Å². The molecule has 5 nitrogen and oxygen atoms in total. The number of carboxylic acid groups (broad SMARTS) is 1. The Bertz CT molecular complexity index is 1220. The molecule has 7 heteroatoms. The van der Waals surface area contributed by atoms with Crippen molar-refractivity contribution in [2.75, 3.05) is 5.43 Å². The number of carbonyl (C=O) groups is 2. The third kappa shape index (κ3) is 4.52. The molecule has 1 fully saturated rings. The summed E-state index contributed by atoms with van der Waals surface area (Å²) in [5, 5.41) is 10.6. The first-order valence-corrected chi connectivity index (χ1v) is 10.7. The lowest BCUT2D eigenvalue weighted by molar-refractivity contribution is -0.121. The fraction of sp³-hybridized carbons (Fsp3) is 0.0417. The van der Waals surface area contributed by atoms with Gasteiger partial charge in [-0.3, -0.25) is 10.2 Å². The van der Waals surface area contributed by atoms with Crippen molar-refractivity contribution < 1.29 is 14.7 Å². The third-order valence-electron chi connectivity index (χ3n) is 4.75. The molecule has 1 amide bonds. The van der Waals surface area contributed by atoms with E-state index in [4.69, 9.17) is 12.2 Å². The first-order chi connectivity index (χ1) is 14.9. The van der Waals surface area contributed by atoms with Crippen LogP contribution in [0.2, 0.25) is 0 Å². The van der Waals surface area contributed by atoms with Crippen molar-refractivity contribution in [2.45, 2.75) is 6.92 Å². The zero-order valence-electron chi connectivity index (χ0n) is 16.5. The minimum Gasteiger partial charge on any atom is -0.478 e. The van der Waals surface area contributed by atoms with E-state index in [0.29, 0.717) is 14.9 Å². The minimum absolute atomic E-state index is 0.0614. The monoisotopic (exact) mass is 446 g/mol. The predicted molar refractivity (Wildman–Crippen MR) is 129 cm³/mol. The van der Waals surface area contributed by atoms with Crippen LogP contribution in [0.15, 0.2) is 77.7 Å². The number of aryl methyl sites for hydroxylation is 1. The van der Waals surface area contributed by atoms with Crippen LogP contribution >= 0.6 is 24.0 Å². The number of aromatic carboxylic acids is 1. The van der Waals surface area contributed by atoms with Crippen LogP contribution in [0.4, 0.5) is 5.69 Å². The number of thiocarbonyl (C=S) groups is 1. The van der Waals surface area contributed by atoms with Gasteiger partial charge in [-0.05, 0) is 60.1 Å². The van der Waals surface area contributed by atoms with E-state index in [1.165, 1.54) is 28.4 Å². The Morgan fingerprint density at radius 2 is 1.77 bits per heavy atom. The van der Waals surface area contributed by atoms with Gasteiger partial charge >= 0.3 is 5.97 Å². The van der Waals surface area contributed by atoms with Gasteiger partial charge in [0.2, 0.25) is 0 Å². The summed E-state index contributed by atoms with van der Waals surface area (Å²) in [5.41, 5.74) is 7.44. The summed E-state index contributed by atoms with van der Waals surface area (Å²) in [6, 6.07) is 22.6. The lowest BCUT2D eigenvalue weighted by Crippen LogP contribution is -2.34. The Labute approximate surface area is 189 Å². The number of carbonyl (C=O) groups excluding carboxylic acids is 1. The molecule has 1 aliphatic heterocycles. The number of hydrogen-bond donors (Lipinski definition) is 2. The smallest absolute Gasteiger partial charge is 0.337 e. The molecule has 0 spiro atoms. The fourth-order valence-electron chi connectivity index (χ4n) is 3.16. The molecular weight excluding hydrogens is 428 g/mol. The van der Waals surface area contributed by atoms with Crippen molar-refractivity contribution in [3.05, 3.63) is 94.4 Å². The van der Waals surface area contributed by atoms with E-state index in [0.717, 1.165) is 16.7 Å². The molecule has 3 aromatic carbocycles. The first-order valence-electron chi connectivity index (χ1n) is 9.46. The number of nitrogens with one attached hydrogen (secondary N) is 1. The molecule has 0 radical (unpaired) electrons. The van der Waals surface area contributed by atoms with Crippen LogP contribution in [-0.2, 0) is 4.79 Å². The van der Waals surface area contributed by atoms with E-state index < -0.39 is 5.97 Å². The summed E-state index contributed by atoms with van der Waals surface area (Å²) in [6.07, 6.45) is 1.79. The van der Waals surface area contributed by atoms with Crippen molar-refractivity contribution in [1.82, 2.24) is 5.01 Å². The number of benzene rings is 3. The molecule has 1 aliphatic rings. The summed E-state index contributed by atoms with van der Waals surface area (Å²) in [5.74, 6) is -1.41. The molecule has 2 N–H and O–H groups in total. The Balaban J connectivity index is 1.59. The zero-order chi connectivity index (χ0) is 22.0. The first kappa shape index (κ1) is 20.8. The highest BCUT2D eigenvalue weighted by Crippen LogP contribution is 2.34. The third-order valence-corrected chi connectivity index (χ3v) is 6.05. The lowest BCUT2D eigenvalue weighted by atomic mass is 10.0. The molecule has 3 aromatic rings. The van der Waals surface area contributed by atoms with Gasteiger partial charge in [0.05, 0.1) is 16.2 Å². The maximum absolute atomic E-state index is 12.9. The second-order valence-electron chi connectivity index (χ2n) is 6.97. The molecule has 31 heavy (non-hydrogen) atoms. The Morgan fingerprint density at radius 1 is 1.03 bits per heavy atom. The van der Waals surface area contributed by atoms with Crippen LogP contribution in [0.1, 0.15) is 21.5 Å². The molecule has 154 valence electrons. The molecule has 4 rings (SSSR count). The summed E-state index contributed by atoms with van der Waals surface area (Å²) >= 11 is 6.52. The van der Waals surface area contributed by atoms with Gasteiger partial charge in [-0.1, -0.05) is 71.9 Å². The summed E-state index contributed by atoms with van der Waals surface area (Å²) in [7, 11) is 0. The average molecular weight is 447 g/mol. The Kier molecular flexibility index (Phi) is 5.88. The standard InChI is InChI=1S/C24H18N2O3S2/c1-15-9-11-17(12-10-15)18-6-4-5-16(13-18)14-21-22(27)26(24(30)31-21)25-20-8-3-2-7-19(20)23(28)29/h2-14,25H,1H3,(H,28,29). The van der Waals surface area contributed by atoms with Gasteiger partial charge in [0, 0.05) is 0 Å². The number of amides is 1. The van der Waals surface area contributed by atoms with E-state index in [-0.39, 0.29) is 11.5 Å². The molecule has 1 heterocycles. The number of hydrogen-bond acceptors (Lipinski definition) is 5. The highest BCUT2D eigenvalue weighted by atomic mass is 32.2. The van der Waals surface area contributed by atoms with Crippen LogP contribution in [0, 0.1) is 6.92 Å². The van der Waals surface area contributed by atoms with Crippen LogP contribution in [0.3, 0.4) is 0 Å². The van der Waals surface area contributed by atoms with E-state index >= 15 is 0 Å². The minimum atomic E-state index is -1.09. The van der Waals surface area contributed by atoms with Crippen LogP contribution in [0.5, 0.6) is 0 Å². The van der Waals surface area contributed by atoms with Crippen molar-refractivity contribution >= 4 is 51.9 Å². The van der Waals surface area contributed by atoms with Crippen LogP contribution < -0.4 is 5.43 Å². The second-order valence-corrected chi connectivity index (χ2v) is 8.65. The van der Waals surface area contributed by atoms with Gasteiger partial charge in [-0.2, -0.15) is 0 Å². The van der Waals surface area contributed by atoms with Crippen molar-refractivity contribution in [2.24, 2.45) is 0 Å². The topological polar surface area (TPSA) is 69.6 Å². The molecule has 0 unspecified atom stereocenters. The number of carboxylic acids is 1. The van der Waals surface area contributed by atoms with Gasteiger partial charge in [0.15, 0.2) is 4.32 Å². The maximum Gasteiger partial charge on any atom is 0.337 e. The van der Waals surface area contributed by atoms with Gasteiger partial charge in [-0.15, -0.1) is 0 Å². The maximum atomic E-state index is 12.9. The Hall–Kier alpha value is -3.42. The van der Waals surface area contributed by atoms with Crippen molar-refractivity contribution in [3.8, 4) is 11.1 Å². The number of nitrogens with zero attached hydrogens (tertiary/aromatic N) is 1. The molecule has 0 aromatic heterocycles. The van der Waals surface area contributed by atoms with Gasteiger partial charge < -0.3 is 5.11 Å². The number of anilines is 1. The Morgan fingerprint density at radius 3 is 2.52 bits per heavy atom. The summed E-state index contributed by atoms with van der Waals surface area (Å²) in [6.45, 7) is 2.05. The normalized spacial score (nSPS) is 14.9. The highest BCUT2D eigenvalue weighted by molar-refractivity contribution is 8.26. The molecule has 1 saturated heterocycles. The van der Waals surface area contributed by atoms with E-state index in [1.807, 2.05) is 31.2 Å². The van der Waals surface area contributed by atoms with E-state index in [2.05, 4.69) is 29.7 Å². The quantitative estimate of drug-likeness (QED) is 0.393. The molecule has 0 atom stereocenters. The number of para-hydroxylation sites is 1. The number of rotatable bonds is 5. The lowest BCUT2D eigenvalue weighted by Gasteiger charge is -2.18. The average Bonchev–Trinajstić information content (AvgIpc) is 3.02. The largest absolute Gasteiger partial charge is 0.478 e. The fourth-order valence-corrected chi connectivity index (χ4v) is 4.34. The number of thioether (sulfide) groups is 1. The molecule has 0 aliphatic carbocycles. The van der Waals surface area contributed by atoms with Gasteiger partial charge in [0.25, 0.3) is 5.91 Å². The predicted octanol–water partition coefficient (Wildman–Crippen LogP) is 5.59. The van der Waals surface area contributed by atoms with Gasteiger partial charge in [-0.25, -0.2) is 9.80 Å². The second kappa shape index (κ2) is 8.75. The molecular formula is C24H18N2O3S2. The van der Waals surface area contributed by atoms with Gasteiger partial charge in [0.1, 0.15) is 0 Å². The van der Waals surface area contributed by atoms with Crippen molar-refractivity contribution in [3.63, 3.8) is 0 Å². The molecule has 0 saturated carbocycles. The van der Waals surface area contributed by atoms with E-state index in [1.54, 1.807) is 24.3 Å². The summed E-state index contributed by atoms with van der Waals surface area (Å²) in [4.78, 5) is 24.8. The van der Waals surface area contributed by atoms with Crippen LogP contribution in [-0.4, -0.2) is 26.3 Å². The summed E-state index contributed by atoms with van der Waals surface area (Å²) < 4.78 is 0.311. The zero-order valence-corrected chi connectivity index (χ0v) is 18.2. The molecule has 0 bridgehead atoms. The highest BCUT2D eigenvalue weighted by Gasteiger charge is 2.33. The van der Waals surface area contributed by atoms with Crippen LogP contribution in [0.25, 0.3) is 17.2 Å². The number of hydrazine groups is 1. The van der Waals surface area contributed by atoms with Crippen molar-refractivity contribution in [1.29, 1.82) is 0 Å². The SMILES string of the molecule is Cc1ccc(-c2cccc(C=C3SC(=S)N(Nc4ccccc4C(=O)O)C3=O)c2)cc1.